The summed E-state index contributed by atoms with van der Waals surface area (Å²) in [6, 6.07) is 8.34. The number of aromatic nitrogens is 2. The number of ether oxygens (including phenoxy) is 1. The Bertz CT molecular complexity index is 524. The zero-order valence-corrected chi connectivity index (χ0v) is 12.4. The first kappa shape index (κ1) is 15.0. The summed E-state index contributed by atoms with van der Waals surface area (Å²) in [5.41, 5.74) is 2.31. The van der Waals surface area contributed by atoms with Crippen molar-refractivity contribution in [3.05, 3.63) is 30.0 Å². The predicted octanol–water partition coefficient (Wildman–Crippen LogP) is 1.29. The molecule has 2 rings (SSSR count). The highest BCUT2D eigenvalue weighted by Crippen LogP contribution is 2.16. The molecule has 0 saturated heterocycles. The number of nitrogens with zero attached hydrogens (tertiary/aromatic N) is 2. The number of para-hydroxylation sites is 1. The Labute approximate surface area is 120 Å². The molecular weight excluding hydrogens is 252 g/mol. The number of hydrogen-bond acceptors (Lipinski definition) is 4. The van der Waals surface area contributed by atoms with Crippen molar-refractivity contribution in [2.45, 2.75) is 13.0 Å². The Morgan fingerprint density at radius 1 is 1.15 bits per heavy atom. The molecule has 0 radical (unpaired) electrons. The Morgan fingerprint density at radius 2 is 1.95 bits per heavy atom. The Balaban J connectivity index is 1.71. The van der Waals surface area contributed by atoms with Gasteiger partial charge in [0.25, 0.3) is 0 Å². The summed E-state index contributed by atoms with van der Waals surface area (Å²) in [4.78, 5) is 0. The molecule has 0 amide bonds. The molecule has 1 aromatic heterocycles. The van der Waals surface area contributed by atoms with E-state index in [0.717, 1.165) is 44.9 Å². The summed E-state index contributed by atoms with van der Waals surface area (Å²) in [6.45, 7) is 4.51. The van der Waals surface area contributed by atoms with E-state index in [2.05, 4.69) is 33.9 Å². The molecule has 110 valence electrons. The van der Waals surface area contributed by atoms with Gasteiger partial charge in [0.2, 0.25) is 0 Å². The molecular formula is C15H24N4O. The summed E-state index contributed by atoms with van der Waals surface area (Å²) < 4.78 is 6.92. The van der Waals surface area contributed by atoms with Crippen LogP contribution in [0.4, 0.5) is 0 Å². The summed E-state index contributed by atoms with van der Waals surface area (Å²) in [5, 5.41) is 12.6. The molecule has 0 aliphatic carbocycles. The molecule has 2 aromatic rings. The molecule has 0 aliphatic rings. The van der Waals surface area contributed by atoms with E-state index in [1.54, 1.807) is 7.11 Å². The van der Waals surface area contributed by atoms with E-state index in [-0.39, 0.29) is 0 Å². The highest BCUT2D eigenvalue weighted by atomic mass is 16.5. The van der Waals surface area contributed by atoms with Crippen molar-refractivity contribution in [3.8, 4) is 0 Å². The lowest BCUT2D eigenvalue weighted by atomic mass is 10.2. The molecule has 0 spiro atoms. The largest absolute Gasteiger partial charge is 0.383 e. The van der Waals surface area contributed by atoms with Crippen LogP contribution >= 0.6 is 0 Å². The molecule has 0 aliphatic heterocycles. The van der Waals surface area contributed by atoms with E-state index in [9.17, 15) is 0 Å². The third-order valence-corrected chi connectivity index (χ3v) is 3.32. The van der Waals surface area contributed by atoms with Crippen LogP contribution in [0.15, 0.2) is 24.3 Å². The fourth-order valence-electron chi connectivity index (χ4n) is 2.26. The van der Waals surface area contributed by atoms with Gasteiger partial charge in [-0.15, -0.1) is 0 Å². The molecule has 1 heterocycles. The molecule has 0 saturated carbocycles. The third kappa shape index (κ3) is 4.03. The highest BCUT2D eigenvalue weighted by molar-refractivity contribution is 5.81. The Hall–Kier alpha value is -1.43. The van der Waals surface area contributed by atoms with Crippen LogP contribution in [0.3, 0.4) is 0 Å². The van der Waals surface area contributed by atoms with Gasteiger partial charge in [-0.1, -0.05) is 18.2 Å². The van der Waals surface area contributed by atoms with Gasteiger partial charge in [-0.25, -0.2) is 0 Å². The van der Waals surface area contributed by atoms with Crippen molar-refractivity contribution >= 4 is 10.9 Å². The van der Waals surface area contributed by atoms with E-state index in [1.165, 1.54) is 10.9 Å². The summed E-state index contributed by atoms with van der Waals surface area (Å²) >= 11 is 0. The molecule has 0 bridgehead atoms. The Morgan fingerprint density at radius 3 is 2.80 bits per heavy atom. The van der Waals surface area contributed by atoms with Crippen molar-refractivity contribution in [2.75, 3.05) is 33.4 Å². The summed E-state index contributed by atoms with van der Waals surface area (Å²) in [7, 11) is 3.71. The van der Waals surface area contributed by atoms with Crippen LogP contribution in [0.2, 0.25) is 0 Å². The molecule has 20 heavy (non-hydrogen) atoms. The minimum atomic E-state index is 0.771. The molecule has 1 aromatic carbocycles. The van der Waals surface area contributed by atoms with E-state index in [1.807, 2.05) is 17.8 Å². The van der Waals surface area contributed by atoms with Crippen LogP contribution in [-0.4, -0.2) is 43.1 Å². The van der Waals surface area contributed by atoms with Crippen molar-refractivity contribution in [2.24, 2.45) is 7.05 Å². The van der Waals surface area contributed by atoms with Gasteiger partial charge in [0.05, 0.1) is 17.8 Å². The van der Waals surface area contributed by atoms with Crippen molar-refractivity contribution in [1.29, 1.82) is 0 Å². The molecule has 2 N–H and O–H groups in total. The van der Waals surface area contributed by atoms with E-state index >= 15 is 0 Å². The van der Waals surface area contributed by atoms with Crippen molar-refractivity contribution < 1.29 is 4.74 Å². The van der Waals surface area contributed by atoms with Crippen LogP contribution in [0.25, 0.3) is 10.9 Å². The minimum Gasteiger partial charge on any atom is -0.383 e. The number of hydrogen-bond donors (Lipinski definition) is 2. The van der Waals surface area contributed by atoms with E-state index in [4.69, 9.17) is 4.74 Å². The van der Waals surface area contributed by atoms with Crippen LogP contribution < -0.4 is 10.6 Å². The SMILES string of the molecule is COCCNCCCNCc1nn(C)c2ccccc12. The second-order valence-corrected chi connectivity index (χ2v) is 4.86. The number of nitrogens with one attached hydrogen (secondary N) is 2. The first-order chi connectivity index (χ1) is 9.83. The molecule has 0 atom stereocenters. The lowest BCUT2D eigenvalue weighted by Gasteiger charge is -2.05. The molecule has 5 heteroatoms. The van der Waals surface area contributed by atoms with Gasteiger partial charge in [0.1, 0.15) is 0 Å². The number of fused-ring (bicyclic) bond motifs is 1. The third-order valence-electron chi connectivity index (χ3n) is 3.32. The average molecular weight is 276 g/mol. The first-order valence-electron chi connectivity index (χ1n) is 7.14. The van der Waals surface area contributed by atoms with Crippen LogP contribution in [0.1, 0.15) is 12.1 Å². The fourth-order valence-corrected chi connectivity index (χ4v) is 2.26. The molecule has 0 unspecified atom stereocenters. The average Bonchev–Trinajstić information content (AvgIpc) is 2.79. The lowest BCUT2D eigenvalue weighted by molar-refractivity contribution is 0.199. The summed E-state index contributed by atoms with van der Waals surface area (Å²) in [6.07, 6.45) is 1.11. The monoisotopic (exact) mass is 276 g/mol. The van der Waals surface area contributed by atoms with Crippen LogP contribution in [0, 0.1) is 0 Å². The smallest absolute Gasteiger partial charge is 0.0841 e. The highest BCUT2D eigenvalue weighted by Gasteiger charge is 2.06. The van der Waals surface area contributed by atoms with Crippen molar-refractivity contribution in [1.82, 2.24) is 20.4 Å². The fraction of sp³-hybridized carbons (Fsp3) is 0.533. The van der Waals surface area contributed by atoms with E-state index in [0.29, 0.717) is 0 Å². The maximum absolute atomic E-state index is 4.98. The lowest BCUT2D eigenvalue weighted by Crippen LogP contribution is -2.24. The molecule has 0 fully saturated rings. The maximum Gasteiger partial charge on any atom is 0.0841 e. The zero-order chi connectivity index (χ0) is 14.2. The standard InChI is InChI=1S/C15H24N4O/c1-19-15-7-4-3-6-13(15)14(18-19)12-17-9-5-8-16-10-11-20-2/h3-4,6-7,16-17H,5,8-12H2,1-2H3. The number of benzene rings is 1. The van der Waals surface area contributed by atoms with Gasteiger partial charge in [-0.2, -0.15) is 5.10 Å². The second kappa shape index (κ2) is 7.99. The minimum absolute atomic E-state index is 0.771. The maximum atomic E-state index is 4.98. The number of methoxy groups -OCH3 is 1. The van der Waals surface area contributed by atoms with Gasteiger partial charge in [-0.05, 0) is 25.6 Å². The number of aryl methyl sites for hydroxylation is 1. The van der Waals surface area contributed by atoms with Crippen LogP contribution in [0.5, 0.6) is 0 Å². The van der Waals surface area contributed by atoms with Gasteiger partial charge in [-0.3, -0.25) is 4.68 Å². The van der Waals surface area contributed by atoms with Gasteiger partial charge in [0, 0.05) is 32.6 Å². The topological polar surface area (TPSA) is 51.1 Å². The zero-order valence-electron chi connectivity index (χ0n) is 12.4. The predicted molar refractivity (Wildman–Crippen MR) is 81.8 cm³/mol. The van der Waals surface area contributed by atoms with E-state index < -0.39 is 0 Å². The van der Waals surface area contributed by atoms with Gasteiger partial charge < -0.3 is 15.4 Å². The van der Waals surface area contributed by atoms with Crippen molar-refractivity contribution in [3.63, 3.8) is 0 Å². The summed E-state index contributed by atoms with van der Waals surface area (Å²) in [5.74, 6) is 0. The second-order valence-electron chi connectivity index (χ2n) is 4.86. The normalized spacial score (nSPS) is 11.3. The first-order valence-corrected chi connectivity index (χ1v) is 7.14. The van der Waals surface area contributed by atoms with Gasteiger partial charge >= 0.3 is 0 Å². The molecule has 5 nitrogen and oxygen atoms in total. The quantitative estimate of drug-likeness (QED) is 0.678. The van der Waals surface area contributed by atoms with Crippen LogP contribution in [-0.2, 0) is 18.3 Å². The Kier molecular flexibility index (Phi) is 5.98. The number of rotatable bonds is 9. The van der Waals surface area contributed by atoms with Gasteiger partial charge in [0.15, 0.2) is 0 Å².